The van der Waals surface area contributed by atoms with E-state index in [-0.39, 0.29) is 0 Å². The third kappa shape index (κ3) is 2.46. The average molecular weight is 244 g/mol. The van der Waals surface area contributed by atoms with Gasteiger partial charge >= 0.3 is 0 Å². The first kappa shape index (κ1) is 11.2. The average Bonchev–Trinajstić information content (AvgIpc) is 2.67. The van der Waals surface area contributed by atoms with Gasteiger partial charge < -0.3 is 10.0 Å². The van der Waals surface area contributed by atoms with Gasteiger partial charge in [0.2, 0.25) is 0 Å². The van der Waals surface area contributed by atoms with Crippen molar-refractivity contribution in [3.63, 3.8) is 0 Å². The van der Waals surface area contributed by atoms with Gasteiger partial charge in [-0.2, -0.15) is 11.8 Å². The first-order valence-corrected chi connectivity index (χ1v) is 7.14. The van der Waals surface area contributed by atoms with Crippen LogP contribution in [0.25, 0.3) is 0 Å². The molecule has 1 aliphatic heterocycles. The minimum atomic E-state index is -0.397. The number of nitrogens with zero attached hydrogens (tertiary/aromatic N) is 2. The van der Waals surface area contributed by atoms with Crippen LogP contribution in [0, 0.1) is 0 Å². The van der Waals surface area contributed by atoms with Crippen LogP contribution in [0.1, 0.15) is 24.8 Å². The molecule has 1 saturated heterocycles. The van der Waals surface area contributed by atoms with Crippen LogP contribution in [0.3, 0.4) is 0 Å². The Labute approximate surface area is 98.5 Å². The lowest BCUT2D eigenvalue weighted by Gasteiger charge is -2.32. The van der Waals surface area contributed by atoms with Gasteiger partial charge in [0.1, 0.15) is 0 Å². The Morgan fingerprint density at radius 1 is 1.67 bits per heavy atom. The van der Waals surface area contributed by atoms with E-state index < -0.39 is 6.10 Å². The number of aliphatic hydroxyl groups excluding tert-OH is 1. The molecule has 3 nitrogen and oxygen atoms in total. The highest BCUT2D eigenvalue weighted by molar-refractivity contribution is 7.99. The largest absolute Gasteiger partial charge is 0.388 e. The van der Waals surface area contributed by atoms with Gasteiger partial charge in [0, 0.05) is 30.3 Å². The molecule has 0 spiro atoms. The fraction of sp³-hybridized carbons (Fsp3) is 0.700. The van der Waals surface area contributed by atoms with E-state index in [1.165, 1.54) is 11.5 Å². The van der Waals surface area contributed by atoms with Gasteiger partial charge in [0.25, 0.3) is 0 Å². The maximum absolute atomic E-state index is 9.45. The summed E-state index contributed by atoms with van der Waals surface area (Å²) in [5.74, 6) is 2.34. The molecule has 1 aliphatic rings. The second-order valence-corrected chi connectivity index (χ2v) is 6.03. The Balaban J connectivity index is 2.13. The maximum atomic E-state index is 9.45. The Morgan fingerprint density at radius 2 is 2.47 bits per heavy atom. The third-order valence-corrected chi connectivity index (χ3v) is 4.93. The van der Waals surface area contributed by atoms with Gasteiger partial charge in [-0.25, -0.2) is 4.98 Å². The van der Waals surface area contributed by atoms with Gasteiger partial charge in [-0.05, 0) is 13.8 Å². The van der Waals surface area contributed by atoms with Crippen molar-refractivity contribution in [3.8, 4) is 0 Å². The van der Waals surface area contributed by atoms with E-state index in [1.807, 2.05) is 11.8 Å². The van der Waals surface area contributed by atoms with E-state index in [1.54, 1.807) is 24.5 Å². The molecule has 0 radical (unpaired) electrons. The van der Waals surface area contributed by atoms with Crippen LogP contribution >= 0.6 is 23.1 Å². The zero-order chi connectivity index (χ0) is 10.8. The highest BCUT2D eigenvalue weighted by Crippen LogP contribution is 2.30. The predicted molar refractivity (Wildman–Crippen MR) is 66.9 cm³/mol. The lowest BCUT2D eigenvalue weighted by atomic mass is 10.3. The highest BCUT2D eigenvalue weighted by atomic mass is 32.2. The van der Waals surface area contributed by atoms with Gasteiger partial charge in [0.05, 0.1) is 11.0 Å². The number of hydrogen-bond acceptors (Lipinski definition) is 5. The van der Waals surface area contributed by atoms with Crippen LogP contribution in [0.2, 0.25) is 0 Å². The summed E-state index contributed by atoms with van der Waals surface area (Å²) in [4.78, 5) is 7.68. The summed E-state index contributed by atoms with van der Waals surface area (Å²) >= 11 is 3.61. The molecule has 0 bridgehead atoms. The van der Waals surface area contributed by atoms with Crippen molar-refractivity contribution in [2.75, 3.05) is 23.0 Å². The monoisotopic (exact) mass is 244 g/mol. The minimum Gasteiger partial charge on any atom is -0.388 e. The molecule has 2 heterocycles. The molecule has 5 heteroatoms. The summed E-state index contributed by atoms with van der Waals surface area (Å²) < 4.78 is 0. The van der Waals surface area contributed by atoms with Gasteiger partial charge in [0.15, 0.2) is 5.13 Å². The van der Waals surface area contributed by atoms with E-state index in [0.29, 0.717) is 6.04 Å². The summed E-state index contributed by atoms with van der Waals surface area (Å²) in [6.45, 7) is 5.08. The SMILES string of the molecule is CC(O)c1cnc(N2CCSCC2C)s1. The molecule has 84 valence electrons. The van der Waals surface area contributed by atoms with Crippen molar-refractivity contribution in [2.24, 2.45) is 0 Å². The van der Waals surface area contributed by atoms with Crippen LogP contribution in [0.5, 0.6) is 0 Å². The van der Waals surface area contributed by atoms with Crippen LogP contribution in [-0.4, -0.2) is 34.2 Å². The smallest absolute Gasteiger partial charge is 0.185 e. The van der Waals surface area contributed by atoms with E-state index >= 15 is 0 Å². The summed E-state index contributed by atoms with van der Waals surface area (Å²) in [5.41, 5.74) is 0. The summed E-state index contributed by atoms with van der Waals surface area (Å²) in [6, 6.07) is 0.553. The zero-order valence-corrected chi connectivity index (χ0v) is 10.6. The number of anilines is 1. The summed E-state index contributed by atoms with van der Waals surface area (Å²) in [7, 11) is 0. The minimum absolute atomic E-state index is 0.397. The quantitative estimate of drug-likeness (QED) is 0.864. The van der Waals surface area contributed by atoms with Gasteiger partial charge in [-0.15, -0.1) is 0 Å². The molecule has 1 aromatic heterocycles. The highest BCUT2D eigenvalue weighted by Gasteiger charge is 2.21. The molecule has 0 saturated carbocycles. The fourth-order valence-electron chi connectivity index (χ4n) is 1.61. The third-order valence-electron chi connectivity index (χ3n) is 2.54. The van der Waals surface area contributed by atoms with Crippen molar-refractivity contribution >= 4 is 28.2 Å². The first-order chi connectivity index (χ1) is 7.18. The zero-order valence-electron chi connectivity index (χ0n) is 9.01. The molecule has 2 rings (SSSR count). The number of rotatable bonds is 2. The lowest BCUT2D eigenvalue weighted by Crippen LogP contribution is -2.40. The molecule has 0 aromatic carbocycles. The summed E-state index contributed by atoms with van der Waals surface area (Å²) in [5, 5.41) is 10.5. The Bertz CT molecular complexity index is 327. The van der Waals surface area contributed by atoms with Crippen LogP contribution in [-0.2, 0) is 0 Å². The van der Waals surface area contributed by atoms with Gasteiger partial charge in [-0.1, -0.05) is 11.3 Å². The van der Waals surface area contributed by atoms with E-state index in [2.05, 4.69) is 16.8 Å². The molecule has 1 N–H and O–H groups in total. The number of hydrogen-bond donors (Lipinski definition) is 1. The fourth-order valence-corrected chi connectivity index (χ4v) is 3.61. The molecule has 1 aromatic rings. The molecular formula is C10H16N2OS2. The first-order valence-electron chi connectivity index (χ1n) is 5.16. The Kier molecular flexibility index (Phi) is 3.53. The molecule has 2 atom stereocenters. The molecular weight excluding hydrogens is 228 g/mol. The Morgan fingerprint density at radius 3 is 3.07 bits per heavy atom. The maximum Gasteiger partial charge on any atom is 0.185 e. The van der Waals surface area contributed by atoms with Crippen molar-refractivity contribution in [1.29, 1.82) is 0 Å². The Hall–Kier alpha value is -0.260. The lowest BCUT2D eigenvalue weighted by molar-refractivity contribution is 0.203. The topological polar surface area (TPSA) is 36.4 Å². The molecule has 0 amide bonds. The van der Waals surface area contributed by atoms with E-state index in [9.17, 15) is 5.11 Å². The van der Waals surface area contributed by atoms with Crippen LogP contribution in [0.15, 0.2) is 6.20 Å². The van der Waals surface area contributed by atoms with Crippen molar-refractivity contribution in [1.82, 2.24) is 4.98 Å². The van der Waals surface area contributed by atoms with Gasteiger partial charge in [-0.3, -0.25) is 0 Å². The standard InChI is InChI=1S/C10H16N2OS2/c1-7-6-14-4-3-12(7)10-11-5-9(15-10)8(2)13/h5,7-8,13H,3-4,6H2,1-2H3. The van der Waals surface area contributed by atoms with E-state index in [4.69, 9.17) is 0 Å². The van der Waals surface area contributed by atoms with Crippen LogP contribution in [0.4, 0.5) is 5.13 Å². The van der Waals surface area contributed by atoms with Crippen molar-refractivity contribution in [2.45, 2.75) is 26.0 Å². The number of thioether (sulfide) groups is 1. The molecule has 15 heavy (non-hydrogen) atoms. The second-order valence-electron chi connectivity index (χ2n) is 3.84. The number of aromatic nitrogens is 1. The summed E-state index contributed by atoms with van der Waals surface area (Å²) in [6.07, 6.45) is 1.39. The molecule has 0 aliphatic carbocycles. The van der Waals surface area contributed by atoms with Crippen LogP contribution < -0.4 is 4.90 Å². The normalized spacial score (nSPS) is 24.2. The number of thiazole rings is 1. The molecule has 1 fully saturated rings. The second kappa shape index (κ2) is 4.72. The predicted octanol–water partition coefficient (Wildman–Crippen LogP) is 2.14. The van der Waals surface area contributed by atoms with E-state index in [0.717, 1.165) is 16.6 Å². The van der Waals surface area contributed by atoms with Crippen molar-refractivity contribution < 1.29 is 5.11 Å². The van der Waals surface area contributed by atoms with Crippen molar-refractivity contribution in [3.05, 3.63) is 11.1 Å². The number of aliphatic hydroxyl groups is 1. The molecule has 2 unspecified atom stereocenters.